The molecule has 0 heterocycles. The Balaban J connectivity index is 4.51. The van der Waals surface area contributed by atoms with Gasteiger partial charge in [0.1, 0.15) is 12.5 Å². The van der Waals surface area contributed by atoms with E-state index in [1.54, 1.807) is 0 Å². The van der Waals surface area contributed by atoms with E-state index >= 15 is 0 Å². The van der Waals surface area contributed by atoms with Crippen molar-refractivity contribution >= 4 is 0 Å². The molecule has 0 rings (SSSR count). The maximum atomic E-state index is 5.92. The second-order valence-corrected chi connectivity index (χ2v) is 3.56. The van der Waals surface area contributed by atoms with Crippen LogP contribution < -0.4 is 0 Å². The van der Waals surface area contributed by atoms with Crippen LogP contribution in [0.3, 0.4) is 0 Å². The molecule has 0 fully saturated rings. The highest BCUT2D eigenvalue weighted by molar-refractivity contribution is 4.76. The van der Waals surface area contributed by atoms with Crippen LogP contribution in [0.4, 0.5) is 0 Å². The standard InChI is InChI=1S/C12H27NO2/c1-6-12(7-2,15-10-5)13(8-3)11-14-9-4/h6-11H2,1-5H3. The molecule has 0 aromatic rings. The fraction of sp³-hybridized carbons (Fsp3) is 1.00. The molecule has 3 heteroatoms. The smallest absolute Gasteiger partial charge is 0.122 e. The third-order valence-electron chi connectivity index (χ3n) is 2.93. The summed E-state index contributed by atoms with van der Waals surface area (Å²) in [6.07, 6.45) is 2.00. The molecule has 0 unspecified atom stereocenters. The molecule has 0 spiro atoms. The van der Waals surface area contributed by atoms with Gasteiger partial charge in [-0.3, -0.25) is 4.90 Å². The lowest BCUT2D eigenvalue weighted by Gasteiger charge is -2.41. The van der Waals surface area contributed by atoms with E-state index in [4.69, 9.17) is 9.47 Å². The molecule has 0 N–H and O–H groups in total. The number of rotatable bonds is 9. The van der Waals surface area contributed by atoms with Gasteiger partial charge in [0.25, 0.3) is 0 Å². The Morgan fingerprint density at radius 2 is 1.53 bits per heavy atom. The minimum atomic E-state index is -0.140. The van der Waals surface area contributed by atoms with Gasteiger partial charge in [0.15, 0.2) is 0 Å². The van der Waals surface area contributed by atoms with Crippen LogP contribution in [0.15, 0.2) is 0 Å². The van der Waals surface area contributed by atoms with Gasteiger partial charge in [0.2, 0.25) is 0 Å². The first kappa shape index (κ1) is 14.9. The highest BCUT2D eigenvalue weighted by atomic mass is 16.5. The van der Waals surface area contributed by atoms with Gasteiger partial charge >= 0.3 is 0 Å². The van der Waals surface area contributed by atoms with Crippen LogP contribution in [0, 0.1) is 0 Å². The van der Waals surface area contributed by atoms with Crippen molar-refractivity contribution in [3.63, 3.8) is 0 Å². The Labute approximate surface area is 94.7 Å². The molecule has 0 saturated heterocycles. The minimum Gasteiger partial charge on any atom is -0.366 e. The van der Waals surface area contributed by atoms with E-state index < -0.39 is 0 Å². The van der Waals surface area contributed by atoms with Gasteiger partial charge in [-0.05, 0) is 26.7 Å². The molecule has 15 heavy (non-hydrogen) atoms. The van der Waals surface area contributed by atoms with E-state index in [0.29, 0.717) is 6.73 Å². The van der Waals surface area contributed by atoms with Crippen LogP contribution >= 0.6 is 0 Å². The summed E-state index contributed by atoms with van der Waals surface area (Å²) in [7, 11) is 0. The van der Waals surface area contributed by atoms with Crippen LogP contribution in [-0.4, -0.2) is 37.1 Å². The molecular weight excluding hydrogens is 190 g/mol. The van der Waals surface area contributed by atoms with Crippen molar-refractivity contribution in [3.8, 4) is 0 Å². The third-order valence-corrected chi connectivity index (χ3v) is 2.93. The first-order chi connectivity index (χ1) is 7.20. The fourth-order valence-electron chi connectivity index (χ4n) is 1.96. The molecule has 0 radical (unpaired) electrons. The SMILES string of the molecule is CCOCN(CC)C(CC)(CC)OCC. The molecule has 0 amide bonds. The molecule has 0 aliphatic carbocycles. The van der Waals surface area contributed by atoms with E-state index in [2.05, 4.69) is 32.6 Å². The van der Waals surface area contributed by atoms with Crippen molar-refractivity contribution in [2.24, 2.45) is 0 Å². The quantitative estimate of drug-likeness (QED) is 0.554. The van der Waals surface area contributed by atoms with Crippen LogP contribution in [0.25, 0.3) is 0 Å². The second-order valence-electron chi connectivity index (χ2n) is 3.56. The molecule has 3 nitrogen and oxygen atoms in total. The summed E-state index contributed by atoms with van der Waals surface area (Å²) < 4.78 is 11.4. The molecule has 0 saturated carbocycles. The Morgan fingerprint density at radius 1 is 0.933 bits per heavy atom. The minimum absolute atomic E-state index is 0.140. The average Bonchev–Trinajstić information content (AvgIpc) is 2.28. The summed E-state index contributed by atoms with van der Waals surface area (Å²) in [4.78, 5) is 2.28. The summed E-state index contributed by atoms with van der Waals surface area (Å²) in [5.41, 5.74) is -0.140. The van der Waals surface area contributed by atoms with E-state index in [9.17, 15) is 0 Å². The highest BCUT2D eigenvalue weighted by Gasteiger charge is 2.32. The van der Waals surface area contributed by atoms with Crippen molar-refractivity contribution in [1.29, 1.82) is 0 Å². The van der Waals surface area contributed by atoms with Crippen LogP contribution in [0.5, 0.6) is 0 Å². The monoisotopic (exact) mass is 217 g/mol. The summed E-state index contributed by atoms with van der Waals surface area (Å²) in [6.45, 7) is 13.7. The lowest BCUT2D eigenvalue weighted by atomic mass is 10.1. The van der Waals surface area contributed by atoms with Gasteiger partial charge in [0, 0.05) is 19.8 Å². The van der Waals surface area contributed by atoms with E-state index in [1.807, 2.05) is 6.92 Å². The third kappa shape index (κ3) is 4.09. The zero-order valence-electron chi connectivity index (χ0n) is 11.0. The van der Waals surface area contributed by atoms with Gasteiger partial charge in [-0.1, -0.05) is 20.8 Å². The van der Waals surface area contributed by atoms with E-state index in [-0.39, 0.29) is 5.72 Å². The van der Waals surface area contributed by atoms with Gasteiger partial charge < -0.3 is 9.47 Å². The van der Waals surface area contributed by atoms with Gasteiger partial charge in [0.05, 0.1) is 0 Å². The van der Waals surface area contributed by atoms with Crippen LogP contribution in [-0.2, 0) is 9.47 Å². The molecule has 0 atom stereocenters. The van der Waals surface area contributed by atoms with Crippen molar-refractivity contribution in [2.45, 2.75) is 53.2 Å². The highest BCUT2D eigenvalue weighted by Crippen LogP contribution is 2.25. The maximum absolute atomic E-state index is 5.92. The predicted molar refractivity (Wildman–Crippen MR) is 63.8 cm³/mol. The summed E-state index contributed by atoms with van der Waals surface area (Å²) in [6, 6.07) is 0. The van der Waals surface area contributed by atoms with Gasteiger partial charge in [-0.2, -0.15) is 0 Å². The molecule has 0 aromatic carbocycles. The first-order valence-corrected chi connectivity index (χ1v) is 6.17. The van der Waals surface area contributed by atoms with Gasteiger partial charge in [-0.15, -0.1) is 0 Å². The Hall–Kier alpha value is -0.120. The Kier molecular flexibility index (Phi) is 8.02. The number of nitrogens with zero attached hydrogens (tertiary/aromatic N) is 1. The van der Waals surface area contributed by atoms with Crippen LogP contribution in [0.1, 0.15) is 47.5 Å². The predicted octanol–water partition coefficient (Wildman–Crippen LogP) is 2.86. The molecule has 0 aliphatic rings. The average molecular weight is 217 g/mol. The van der Waals surface area contributed by atoms with Crippen molar-refractivity contribution in [3.05, 3.63) is 0 Å². The zero-order chi connectivity index (χ0) is 11.7. The molecule has 0 aliphatic heterocycles. The van der Waals surface area contributed by atoms with Crippen molar-refractivity contribution in [1.82, 2.24) is 4.90 Å². The Morgan fingerprint density at radius 3 is 1.87 bits per heavy atom. The largest absolute Gasteiger partial charge is 0.366 e. The molecular formula is C12H27NO2. The molecule has 92 valence electrons. The summed E-state index contributed by atoms with van der Waals surface area (Å²) in [5, 5.41) is 0. The zero-order valence-corrected chi connectivity index (χ0v) is 11.0. The van der Waals surface area contributed by atoms with Gasteiger partial charge in [-0.25, -0.2) is 0 Å². The number of ether oxygens (including phenoxy) is 2. The lowest BCUT2D eigenvalue weighted by Crippen LogP contribution is -2.51. The van der Waals surface area contributed by atoms with E-state index in [1.165, 1.54) is 0 Å². The molecule has 0 aromatic heterocycles. The second kappa shape index (κ2) is 8.08. The topological polar surface area (TPSA) is 21.7 Å². The first-order valence-electron chi connectivity index (χ1n) is 6.17. The Bertz CT molecular complexity index is 147. The van der Waals surface area contributed by atoms with Crippen molar-refractivity contribution < 1.29 is 9.47 Å². The number of hydrogen-bond acceptors (Lipinski definition) is 3. The van der Waals surface area contributed by atoms with E-state index in [0.717, 1.165) is 32.6 Å². The fourth-order valence-corrected chi connectivity index (χ4v) is 1.96. The lowest BCUT2D eigenvalue weighted by molar-refractivity contribution is -0.186. The summed E-state index contributed by atoms with van der Waals surface area (Å²) in [5.74, 6) is 0. The maximum Gasteiger partial charge on any atom is 0.122 e. The van der Waals surface area contributed by atoms with Crippen molar-refractivity contribution in [2.75, 3.05) is 26.5 Å². The molecule has 0 bridgehead atoms. The van der Waals surface area contributed by atoms with Crippen LogP contribution in [0.2, 0.25) is 0 Å². The summed E-state index contributed by atoms with van der Waals surface area (Å²) >= 11 is 0. The normalized spacial score (nSPS) is 12.4. The number of hydrogen-bond donors (Lipinski definition) is 0.